The second kappa shape index (κ2) is 23.8. The van der Waals surface area contributed by atoms with Crippen LogP contribution in [-0.2, 0) is 56.1 Å². The number of hydrogen-bond donors (Lipinski definition) is 4. The first-order valence-electron chi connectivity index (χ1n) is 26.4. The molecule has 2 aromatic heterocycles. The number of rotatable bonds is 17. The first kappa shape index (κ1) is 55.2. The summed E-state index contributed by atoms with van der Waals surface area (Å²) in [7, 11) is -1.50. The molecule has 5 heterocycles. The van der Waals surface area contributed by atoms with E-state index in [1.807, 2.05) is 169 Å². The number of amidine groups is 1. The van der Waals surface area contributed by atoms with Crippen LogP contribution in [0.3, 0.4) is 0 Å². The molecule has 4 N–H and O–H groups in total. The number of pyridine rings is 1. The topological polar surface area (TPSA) is 201 Å². The molecule has 3 aliphatic heterocycles. The summed E-state index contributed by atoms with van der Waals surface area (Å²) in [4.78, 5) is 76.6. The number of carbonyl (C=O) groups is 4. The van der Waals surface area contributed by atoms with Gasteiger partial charge in [-0.2, -0.15) is 0 Å². The molecular formula is C64H56N6O9S3. The fraction of sp³-hybridized carbons (Fsp3) is 0.188. The van der Waals surface area contributed by atoms with Gasteiger partial charge in [-0.3, -0.25) is 14.5 Å². The Kier molecular flexibility index (Phi) is 16.0. The van der Waals surface area contributed by atoms with Crippen molar-refractivity contribution in [3.05, 3.63) is 254 Å². The van der Waals surface area contributed by atoms with Crippen LogP contribution in [0.1, 0.15) is 78.3 Å². The SMILES string of the molecule is CC(C)(C)OC(=O)C1=C(Cc2ccnc3sccc23)SC[C@H]2[C@@H](NC(=O)CC3=C/S(=N/OC(C(=O)OC(c4ccccc4)c4ccccc4)c4ccc(O)c(O)c4)C(NC(c4ccccc4)(c4ccccc4)c4ccccc4)=N3)C(=O)N12. The van der Waals surface area contributed by atoms with E-state index in [9.17, 15) is 29.4 Å². The summed E-state index contributed by atoms with van der Waals surface area (Å²) in [6, 6.07) is 54.3. The van der Waals surface area contributed by atoms with Gasteiger partial charge >= 0.3 is 11.9 Å². The second-order valence-electron chi connectivity index (χ2n) is 20.6. The van der Waals surface area contributed by atoms with E-state index in [4.69, 9.17) is 23.8 Å². The lowest BCUT2D eigenvalue weighted by Gasteiger charge is -2.50. The summed E-state index contributed by atoms with van der Waals surface area (Å²) in [5.41, 5.74) is 3.49. The number of aliphatic imine (C=N–C) groups is 1. The van der Waals surface area contributed by atoms with Gasteiger partial charge in [-0.15, -0.1) is 23.1 Å². The molecule has 1 fully saturated rings. The van der Waals surface area contributed by atoms with Crippen molar-refractivity contribution in [3.8, 4) is 11.5 Å². The van der Waals surface area contributed by atoms with E-state index in [2.05, 4.69) is 15.6 Å². The van der Waals surface area contributed by atoms with Gasteiger partial charge in [-0.25, -0.2) is 24.4 Å². The number of aromatic nitrogens is 1. The number of nitrogens with one attached hydrogen (secondary N) is 2. The minimum atomic E-state index is -1.60. The molecule has 2 amide bonds. The van der Waals surface area contributed by atoms with Crippen molar-refractivity contribution in [2.45, 2.75) is 69.0 Å². The number of β-lactam (4-membered cyclic amide) rings is 1. The number of aromatic hydroxyl groups is 2. The summed E-state index contributed by atoms with van der Waals surface area (Å²) in [6.45, 7) is 5.32. The summed E-state index contributed by atoms with van der Waals surface area (Å²) >= 11 is 2.99. The Labute approximate surface area is 484 Å². The summed E-state index contributed by atoms with van der Waals surface area (Å²) in [5.74, 6) is -2.94. The number of allylic oxidation sites excluding steroid dienone is 1. The molecule has 18 heteroatoms. The van der Waals surface area contributed by atoms with Crippen molar-refractivity contribution in [2.24, 2.45) is 9.52 Å². The summed E-state index contributed by atoms with van der Waals surface area (Å²) < 4.78 is 17.0. The fourth-order valence-corrected chi connectivity index (χ4v) is 13.5. The minimum absolute atomic E-state index is 0.128. The average molecular weight is 1150 g/mol. The van der Waals surface area contributed by atoms with Gasteiger partial charge in [0.25, 0.3) is 5.91 Å². The molecule has 8 aromatic rings. The number of nitrogens with zero attached hydrogens (tertiary/aromatic N) is 4. The molecule has 3 aliphatic rings. The van der Waals surface area contributed by atoms with Gasteiger partial charge in [-0.1, -0.05) is 162 Å². The molecule has 1 saturated heterocycles. The van der Waals surface area contributed by atoms with Crippen molar-refractivity contribution in [1.29, 1.82) is 0 Å². The van der Waals surface area contributed by atoms with Gasteiger partial charge in [0.05, 0.1) is 18.2 Å². The highest BCUT2D eigenvalue weighted by Crippen LogP contribution is 2.43. The molecule has 0 saturated carbocycles. The number of phenols is 2. The monoisotopic (exact) mass is 1150 g/mol. The van der Waals surface area contributed by atoms with E-state index >= 15 is 0 Å². The average Bonchev–Trinajstić information content (AvgIpc) is 1.72. The van der Waals surface area contributed by atoms with Crippen LogP contribution in [0.25, 0.3) is 10.2 Å². The number of hydrogen-bond acceptors (Lipinski definition) is 15. The Hall–Kier alpha value is -8.68. The number of fused-ring (bicyclic) bond motifs is 2. The van der Waals surface area contributed by atoms with Crippen LogP contribution < -0.4 is 10.6 Å². The maximum Gasteiger partial charge on any atom is 0.356 e. The standard InChI is InChI=1S/C64H56N6O9S3/c1-63(2,3)78-60(75)55-52(36-42-31-33-65-58-48(42)32-34-80-58)81-38-49-54(59(74)70(49)55)67-53(73)37-47-39-82(62(66-47)68-64(44-23-13-6-14-24-44,45-25-15-7-16-26-45)46-27-17-8-18-28-46)69-79-57(43-29-30-50(71)51(72)35-43)61(76)77-56(40-19-9-4-10-20-40)41-21-11-5-12-22-41/h4-35,39,49,54,56-57,71-72H,36-38H2,1-3H3,(H,66,68)(H,67,73)/t49-,54+,57?,82?/m0/s1. The zero-order chi connectivity index (χ0) is 57.0. The Balaban J connectivity index is 0.937. The van der Waals surface area contributed by atoms with Gasteiger partial charge < -0.3 is 30.3 Å². The molecule has 414 valence electrons. The van der Waals surface area contributed by atoms with Crippen LogP contribution in [0.15, 0.2) is 225 Å². The normalized spacial score (nSPS) is 17.4. The van der Waals surface area contributed by atoms with E-state index < -0.39 is 81.4 Å². The number of thiophene rings is 1. The van der Waals surface area contributed by atoms with E-state index in [1.165, 1.54) is 46.2 Å². The highest BCUT2D eigenvalue weighted by molar-refractivity contribution is 8.05. The number of carbonyl (C=O) groups excluding carboxylic acids is 4. The minimum Gasteiger partial charge on any atom is -0.504 e. The molecule has 0 aliphatic carbocycles. The molecule has 6 aromatic carbocycles. The number of thioether (sulfide) groups is 1. The Morgan fingerprint density at radius 2 is 1.37 bits per heavy atom. The van der Waals surface area contributed by atoms with E-state index in [0.717, 1.165) is 32.5 Å². The highest BCUT2D eigenvalue weighted by Gasteiger charge is 2.54. The molecule has 11 rings (SSSR count). The highest BCUT2D eigenvalue weighted by atomic mass is 32.2. The number of phenolic OH excluding ortho intramolecular Hbond substituents is 2. The van der Waals surface area contributed by atoms with Crippen molar-refractivity contribution in [3.63, 3.8) is 0 Å². The third-order valence-corrected chi connectivity index (χ3v) is 17.3. The molecule has 15 nitrogen and oxygen atoms in total. The molecule has 82 heavy (non-hydrogen) atoms. The Bertz CT molecular complexity index is 3680. The number of benzene rings is 6. The van der Waals surface area contributed by atoms with E-state index in [1.54, 1.807) is 32.4 Å². The van der Waals surface area contributed by atoms with Crippen molar-refractivity contribution in [2.75, 3.05) is 5.75 Å². The molecular weight excluding hydrogens is 1090 g/mol. The quantitative estimate of drug-likeness (QED) is 0.0221. The predicted molar refractivity (Wildman–Crippen MR) is 318 cm³/mol. The van der Waals surface area contributed by atoms with Crippen LogP contribution in [-0.4, -0.2) is 72.5 Å². The van der Waals surface area contributed by atoms with Gasteiger partial charge in [0.15, 0.2) is 22.8 Å². The second-order valence-corrected chi connectivity index (χ2v) is 24.0. The third-order valence-electron chi connectivity index (χ3n) is 14.0. The number of esters is 2. The maximum atomic E-state index is 14.8. The van der Waals surface area contributed by atoms with Gasteiger partial charge in [0.1, 0.15) is 27.7 Å². The van der Waals surface area contributed by atoms with Gasteiger partial charge in [0.2, 0.25) is 12.0 Å². The van der Waals surface area contributed by atoms with Crippen LogP contribution >= 0.6 is 23.1 Å². The summed E-state index contributed by atoms with van der Waals surface area (Å²) in [6.07, 6.45) is -0.650. The molecule has 0 radical (unpaired) electrons. The van der Waals surface area contributed by atoms with Gasteiger partial charge in [0, 0.05) is 44.8 Å². The lowest BCUT2D eigenvalue weighted by molar-refractivity contribution is -0.161. The first-order chi connectivity index (χ1) is 39.7. The Morgan fingerprint density at radius 3 is 1.95 bits per heavy atom. The predicted octanol–water partition coefficient (Wildman–Crippen LogP) is 11.2. The summed E-state index contributed by atoms with van der Waals surface area (Å²) in [5, 5.41) is 32.8. The maximum absolute atomic E-state index is 14.8. The lowest BCUT2D eigenvalue weighted by atomic mass is 9.77. The Morgan fingerprint density at radius 1 is 0.768 bits per heavy atom. The van der Waals surface area contributed by atoms with Crippen LogP contribution in [0.2, 0.25) is 0 Å². The third kappa shape index (κ3) is 11.6. The van der Waals surface area contributed by atoms with E-state index in [0.29, 0.717) is 28.2 Å². The smallest absolute Gasteiger partial charge is 0.356 e. The van der Waals surface area contributed by atoms with Crippen molar-refractivity contribution in [1.82, 2.24) is 20.5 Å². The number of ether oxygens (including phenoxy) is 2. The molecule has 0 bridgehead atoms. The van der Waals surface area contributed by atoms with Gasteiger partial charge in [-0.05, 0) is 89.4 Å². The largest absolute Gasteiger partial charge is 0.504 e. The zero-order valence-electron chi connectivity index (χ0n) is 44.7. The fourth-order valence-electron chi connectivity index (χ4n) is 10.2. The zero-order valence-corrected chi connectivity index (χ0v) is 47.2. The van der Waals surface area contributed by atoms with Crippen LogP contribution in [0.5, 0.6) is 11.5 Å². The van der Waals surface area contributed by atoms with Crippen LogP contribution in [0, 0.1) is 0 Å². The van der Waals surface area contributed by atoms with Crippen molar-refractivity contribution >= 4 is 72.9 Å². The number of amides is 2. The molecule has 2 unspecified atom stereocenters. The van der Waals surface area contributed by atoms with Crippen molar-refractivity contribution < 1.29 is 43.7 Å². The molecule has 0 spiro atoms. The van der Waals surface area contributed by atoms with Crippen LogP contribution in [0.4, 0.5) is 0 Å². The van der Waals surface area contributed by atoms with E-state index in [-0.39, 0.29) is 28.5 Å². The lowest BCUT2D eigenvalue weighted by Crippen LogP contribution is -2.72. The first-order valence-corrected chi connectivity index (χ1v) is 29.5. The molecule has 4 atom stereocenters.